The van der Waals surface area contributed by atoms with Crippen molar-refractivity contribution in [3.63, 3.8) is 0 Å². The number of nitro benzene ring substituents is 1. The van der Waals surface area contributed by atoms with E-state index in [4.69, 9.17) is 4.74 Å². The summed E-state index contributed by atoms with van der Waals surface area (Å²) in [6, 6.07) is 5.80. The van der Waals surface area contributed by atoms with E-state index in [9.17, 15) is 19.6 Å². The summed E-state index contributed by atoms with van der Waals surface area (Å²) in [6.45, 7) is 1.96. The molecule has 0 amide bonds. The van der Waals surface area contributed by atoms with Crippen molar-refractivity contribution in [1.29, 1.82) is 0 Å². The molecule has 1 atom stereocenters. The predicted molar refractivity (Wildman–Crippen MR) is 74.0 cm³/mol. The van der Waals surface area contributed by atoms with E-state index in [1.807, 2.05) is 0 Å². The second kappa shape index (κ2) is 7.79. The summed E-state index contributed by atoms with van der Waals surface area (Å²) >= 11 is 0. The van der Waals surface area contributed by atoms with Gasteiger partial charge in [0.25, 0.3) is 5.69 Å². The SMILES string of the molecule is CCOP(=O)(O)C/C=C/COc1cccc([N+](=O)[O-])c1. The summed E-state index contributed by atoms with van der Waals surface area (Å²) in [6.07, 6.45) is 2.94. The van der Waals surface area contributed by atoms with E-state index < -0.39 is 12.5 Å². The third-order valence-corrected chi connectivity index (χ3v) is 3.54. The number of non-ortho nitro benzene ring substituents is 1. The molecule has 20 heavy (non-hydrogen) atoms. The van der Waals surface area contributed by atoms with Crippen LogP contribution in [0.1, 0.15) is 6.92 Å². The summed E-state index contributed by atoms with van der Waals surface area (Å²) in [5.41, 5.74) is -0.0531. The van der Waals surface area contributed by atoms with E-state index in [2.05, 4.69) is 4.52 Å². The molecule has 1 unspecified atom stereocenters. The highest BCUT2D eigenvalue weighted by Crippen LogP contribution is 2.41. The Bertz CT molecular complexity index is 530. The van der Waals surface area contributed by atoms with E-state index in [1.54, 1.807) is 19.1 Å². The van der Waals surface area contributed by atoms with Gasteiger partial charge in [-0.2, -0.15) is 0 Å². The molecule has 110 valence electrons. The quantitative estimate of drug-likeness (QED) is 0.343. The first-order valence-electron chi connectivity index (χ1n) is 5.93. The fraction of sp³-hybridized carbons (Fsp3) is 0.333. The Morgan fingerprint density at radius 1 is 1.45 bits per heavy atom. The van der Waals surface area contributed by atoms with Crippen LogP contribution in [0.4, 0.5) is 5.69 Å². The van der Waals surface area contributed by atoms with Gasteiger partial charge >= 0.3 is 7.60 Å². The molecule has 0 aliphatic carbocycles. The lowest BCUT2D eigenvalue weighted by Gasteiger charge is -2.07. The average Bonchev–Trinajstić information content (AvgIpc) is 2.38. The molecule has 0 saturated carbocycles. The van der Waals surface area contributed by atoms with Gasteiger partial charge in [-0.25, -0.2) is 0 Å². The van der Waals surface area contributed by atoms with E-state index >= 15 is 0 Å². The number of allylic oxidation sites excluding steroid dienone is 1. The molecule has 0 aliphatic rings. The Hall–Kier alpha value is -1.69. The summed E-state index contributed by atoms with van der Waals surface area (Å²) in [5, 5.41) is 10.6. The van der Waals surface area contributed by atoms with Gasteiger partial charge in [0.2, 0.25) is 0 Å². The summed E-state index contributed by atoms with van der Waals surface area (Å²) < 4.78 is 21.3. The van der Waals surface area contributed by atoms with E-state index in [1.165, 1.54) is 24.3 Å². The third kappa shape index (κ3) is 5.97. The van der Waals surface area contributed by atoms with Crippen molar-refractivity contribution < 1.29 is 23.6 Å². The topological polar surface area (TPSA) is 98.9 Å². The van der Waals surface area contributed by atoms with Gasteiger partial charge in [0.1, 0.15) is 12.4 Å². The minimum atomic E-state index is -3.56. The van der Waals surface area contributed by atoms with Crippen LogP contribution in [0.5, 0.6) is 5.75 Å². The van der Waals surface area contributed by atoms with Crippen LogP contribution < -0.4 is 4.74 Å². The van der Waals surface area contributed by atoms with Crippen molar-refractivity contribution in [3.05, 3.63) is 46.5 Å². The number of ether oxygens (including phenoxy) is 1. The predicted octanol–water partition coefficient (Wildman–Crippen LogP) is 2.75. The first kappa shape index (κ1) is 16.4. The summed E-state index contributed by atoms with van der Waals surface area (Å²) in [4.78, 5) is 19.4. The van der Waals surface area contributed by atoms with Crippen LogP contribution in [0.2, 0.25) is 0 Å². The van der Waals surface area contributed by atoms with Crippen LogP contribution in [0.3, 0.4) is 0 Å². The minimum Gasteiger partial charge on any atom is -0.489 e. The molecule has 8 heteroatoms. The lowest BCUT2D eigenvalue weighted by molar-refractivity contribution is -0.384. The first-order valence-corrected chi connectivity index (χ1v) is 7.69. The fourth-order valence-corrected chi connectivity index (χ4v) is 2.29. The van der Waals surface area contributed by atoms with Gasteiger partial charge in [-0.05, 0) is 13.0 Å². The van der Waals surface area contributed by atoms with Crippen molar-refractivity contribution in [2.24, 2.45) is 0 Å². The highest BCUT2D eigenvalue weighted by Gasteiger charge is 2.15. The monoisotopic (exact) mass is 301 g/mol. The van der Waals surface area contributed by atoms with Crippen molar-refractivity contribution in [2.45, 2.75) is 6.92 Å². The highest BCUT2D eigenvalue weighted by atomic mass is 31.2. The lowest BCUT2D eigenvalue weighted by Crippen LogP contribution is -1.96. The Morgan fingerprint density at radius 2 is 2.20 bits per heavy atom. The molecule has 0 heterocycles. The molecule has 1 aromatic carbocycles. The van der Waals surface area contributed by atoms with Gasteiger partial charge in [0.05, 0.1) is 23.8 Å². The number of benzene rings is 1. The zero-order valence-electron chi connectivity index (χ0n) is 11.0. The Balaban J connectivity index is 2.43. The number of rotatable bonds is 8. The van der Waals surface area contributed by atoms with Crippen molar-refractivity contribution >= 4 is 13.3 Å². The molecule has 0 aromatic heterocycles. The Labute approximate surface area is 116 Å². The summed E-state index contributed by atoms with van der Waals surface area (Å²) in [7, 11) is -3.56. The van der Waals surface area contributed by atoms with Crippen molar-refractivity contribution in [1.82, 2.24) is 0 Å². The molecule has 0 fully saturated rings. The molecule has 0 radical (unpaired) electrons. The van der Waals surface area contributed by atoms with Crippen molar-refractivity contribution in [2.75, 3.05) is 19.4 Å². The van der Waals surface area contributed by atoms with Gasteiger partial charge in [-0.15, -0.1) is 0 Å². The molecular formula is C12H16NO6P. The molecular weight excluding hydrogens is 285 g/mol. The van der Waals surface area contributed by atoms with Crippen LogP contribution in [-0.4, -0.2) is 29.2 Å². The smallest absolute Gasteiger partial charge is 0.331 e. The number of nitrogens with zero attached hydrogens (tertiary/aromatic N) is 1. The highest BCUT2D eigenvalue weighted by molar-refractivity contribution is 7.53. The van der Waals surface area contributed by atoms with E-state index in [0.29, 0.717) is 5.75 Å². The first-order chi connectivity index (χ1) is 9.44. The maximum Gasteiger partial charge on any atom is 0.331 e. The second-order valence-electron chi connectivity index (χ2n) is 3.77. The Kier molecular flexibility index (Phi) is 6.38. The molecule has 1 rings (SSSR count). The number of hydrogen-bond acceptors (Lipinski definition) is 5. The average molecular weight is 301 g/mol. The zero-order chi connectivity index (χ0) is 15.0. The molecule has 0 bridgehead atoms. The van der Waals surface area contributed by atoms with Crippen LogP contribution >= 0.6 is 7.60 Å². The second-order valence-corrected chi connectivity index (χ2v) is 5.67. The van der Waals surface area contributed by atoms with Crippen LogP contribution in [0.25, 0.3) is 0 Å². The maximum absolute atomic E-state index is 11.3. The van der Waals surface area contributed by atoms with E-state index in [-0.39, 0.29) is 25.1 Å². The summed E-state index contributed by atoms with van der Waals surface area (Å²) in [5.74, 6) is 0.362. The van der Waals surface area contributed by atoms with Crippen LogP contribution in [-0.2, 0) is 9.09 Å². The minimum absolute atomic E-state index is 0.0531. The van der Waals surface area contributed by atoms with Gasteiger partial charge in [0, 0.05) is 6.07 Å². The maximum atomic E-state index is 11.3. The molecule has 0 aliphatic heterocycles. The Morgan fingerprint density at radius 3 is 2.85 bits per heavy atom. The lowest BCUT2D eigenvalue weighted by atomic mass is 10.3. The molecule has 0 saturated heterocycles. The third-order valence-electron chi connectivity index (χ3n) is 2.21. The number of hydrogen-bond donors (Lipinski definition) is 1. The molecule has 1 N–H and O–H groups in total. The standard InChI is InChI=1S/C12H16NO6P/c1-2-19-20(16,17)9-4-3-8-18-12-7-5-6-11(10-12)13(14)15/h3-7,10H,2,8-9H2,1H3,(H,16,17)/b4-3+. The van der Waals surface area contributed by atoms with Crippen molar-refractivity contribution in [3.8, 4) is 5.75 Å². The normalized spacial score (nSPS) is 14.1. The largest absolute Gasteiger partial charge is 0.489 e. The number of nitro groups is 1. The van der Waals surface area contributed by atoms with Gasteiger partial charge < -0.3 is 14.2 Å². The zero-order valence-corrected chi connectivity index (χ0v) is 11.9. The molecule has 1 aromatic rings. The van der Waals surface area contributed by atoms with Gasteiger partial charge in [0.15, 0.2) is 0 Å². The molecule has 0 spiro atoms. The fourth-order valence-electron chi connectivity index (χ4n) is 1.36. The van der Waals surface area contributed by atoms with E-state index in [0.717, 1.165) is 0 Å². The van der Waals surface area contributed by atoms with Gasteiger partial charge in [-0.1, -0.05) is 18.2 Å². The van der Waals surface area contributed by atoms with Crippen LogP contribution in [0, 0.1) is 10.1 Å². The molecule has 7 nitrogen and oxygen atoms in total. The van der Waals surface area contributed by atoms with Gasteiger partial charge in [-0.3, -0.25) is 14.7 Å². The van der Waals surface area contributed by atoms with Crippen LogP contribution in [0.15, 0.2) is 36.4 Å².